The first kappa shape index (κ1) is 16.6. The molecular formula is C15H25N3O2. The Kier molecular flexibility index (Phi) is 5.25. The lowest BCUT2D eigenvalue weighted by atomic mass is 9.92. The number of nitro benzene ring substituents is 1. The predicted octanol–water partition coefficient (Wildman–Crippen LogP) is 2.88. The van der Waals surface area contributed by atoms with E-state index >= 15 is 0 Å². The predicted molar refractivity (Wildman–Crippen MR) is 81.7 cm³/mol. The molecular weight excluding hydrogens is 254 g/mol. The summed E-state index contributed by atoms with van der Waals surface area (Å²) in [6.07, 6.45) is 0. The van der Waals surface area contributed by atoms with Gasteiger partial charge in [0.2, 0.25) is 0 Å². The maximum absolute atomic E-state index is 11.0. The first-order valence-electron chi connectivity index (χ1n) is 6.83. The van der Waals surface area contributed by atoms with Crippen molar-refractivity contribution in [2.24, 2.45) is 11.1 Å². The number of hydrogen-bond acceptors (Lipinski definition) is 4. The number of nitro groups is 1. The van der Waals surface area contributed by atoms with E-state index in [1.807, 2.05) is 19.2 Å². The van der Waals surface area contributed by atoms with Crippen molar-refractivity contribution in [1.29, 1.82) is 0 Å². The fraction of sp³-hybridized carbons (Fsp3) is 0.600. The topological polar surface area (TPSA) is 72.4 Å². The van der Waals surface area contributed by atoms with E-state index in [1.165, 1.54) is 0 Å². The molecule has 0 fully saturated rings. The van der Waals surface area contributed by atoms with Gasteiger partial charge < -0.3 is 5.73 Å². The first-order chi connectivity index (χ1) is 9.18. The molecule has 1 atom stereocenters. The Labute approximate surface area is 120 Å². The molecule has 0 heterocycles. The van der Waals surface area contributed by atoms with Gasteiger partial charge in [-0.25, -0.2) is 0 Å². The zero-order valence-electron chi connectivity index (χ0n) is 13.0. The number of hydrogen-bond donors (Lipinski definition) is 1. The molecule has 0 saturated carbocycles. The van der Waals surface area contributed by atoms with E-state index in [4.69, 9.17) is 5.73 Å². The van der Waals surface area contributed by atoms with E-state index in [0.717, 1.165) is 12.1 Å². The number of benzene rings is 1. The van der Waals surface area contributed by atoms with Crippen molar-refractivity contribution in [3.05, 3.63) is 39.4 Å². The van der Waals surface area contributed by atoms with Gasteiger partial charge in [0.25, 0.3) is 5.69 Å². The van der Waals surface area contributed by atoms with Gasteiger partial charge in [-0.05, 0) is 38.4 Å². The van der Waals surface area contributed by atoms with Crippen LogP contribution in [0.1, 0.15) is 37.9 Å². The van der Waals surface area contributed by atoms with Crippen molar-refractivity contribution in [3.63, 3.8) is 0 Å². The largest absolute Gasteiger partial charge is 0.330 e. The van der Waals surface area contributed by atoms with Crippen LogP contribution < -0.4 is 5.73 Å². The first-order valence-corrected chi connectivity index (χ1v) is 6.83. The van der Waals surface area contributed by atoms with E-state index in [1.54, 1.807) is 13.0 Å². The van der Waals surface area contributed by atoms with Crippen molar-refractivity contribution in [3.8, 4) is 0 Å². The molecule has 1 aromatic carbocycles. The second kappa shape index (κ2) is 6.33. The highest BCUT2D eigenvalue weighted by atomic mass is 16.6. The molecule has 1 aromatic rings. The lowest BCUT2D eigenvalue weighted by Gasteiger charge is -2.33. The summed E-state index contributed by atoms with van der Waals surface area (Å²) in [6, 6.07) is 5.55. The third-order valence-corrected chi connectivity index (χ3v) is 3.80. The summed E-state index contributed by atoms with van der Waals surface area (Å²) in [4.78, 5) is 12.9. The number of aryl methyl sites for hydroxylation is 1. The van der Waals surface area contributed by atoms with Gasteiger partial charge in [0.15, 0.2) is 0 Å². The number of rotatable bonds is 6. The van der Waals surface area contributed by atoms with Gasteiger partial charge in [-0.15, -0.1) is 0 Å². The second-order valence-corrected chi connectivity index (χ2v) is 6.26. The maximum Gasteiger partial charge on any atom is 0.272 e. The van der Waals surface area contributed by atoms with E-state index in [2.05, 4.69) is 25.7 Å². The molecule has 20 heavy (non-hydrogen) atoms. The summed E-state index contributed by atoms with van der Waals surface area (Å²) in [5.41, 5.74) is 7.62. The van der Waals surface area contributed by atoms with Crippen molar-refractivity contribution in [2.45, 2.75) is 33.7 Å². The molecule has 0 aliphatic heterocycles. The molecule has 0 spiro atoms. The Morgan fingerprint density at radius 1 is 1.45 bits per heavy atom. The molecule has 5 nitrogen and oxygen atoms in total. The van der Waals surface area contributed by atoms with Crippen LogP contribution in [-0.2, 0) is 0 Å². The zero-order chi connectivity index (χ0) is 15.5. The third-order valence-electron chi connectivity index (χ3n) is 3.80. The summed E-state index contributed by atoms with van der Waals surface area (Å²) in [6.45, 7) is 9.50. The quantitative estimate of drug-likeness (QED) is 0.642. The highest BCUT2D eigenvalue weighted by Gasteiger charge is 2.23. The van der Waals surface area contributed by atoms with Gasteiger partial charge >= 0.3 is 0 Å². The van der Waals surface area contributed by atoms with Crippen LogP contribution in [-0.4, -0.2) is 30.0 Å². The molecule has 0 saturated heterocycles. The summed E-state index contributed by atoms with van der Waals surface area (Å²) < 4.78 is 0. The van der Waals surface area contributed by atoms with Crippen LogP contribution in [0.5, 0.6) is 0 Å². The molecule has 0 aromatic heterocycles. The van der Waals surface area contributed by atoms with Crippen LogP contribution in [0.15, 0.2) is 18.2 Å². The molecule has 2 N–H and O–H groups in total. The van der Waals surface area contributed by atoms with Crippen molar-refractivity contribution in [1.82, 2.24) is 4.90 Å². The average molecular weight is 279 g/mol. The van der Waals surface area contributed by atoms with Crippen LogP contribution in [0, 0.1) is 22.5 Å². The molecule has 0 aliphatic carbocycles. The van der Waals surface area contributed by atoms with Crippen LogP contribution in [0.2, 0.25) is 0 Å². The normalized spacial score (nSPS) is 13.6. The van der Waals surface area contributed by atoms with Crippen molar-refractivity contribution < 1.29 is 4.92 Å². The average Bonchev–Trinajstić information content (AvgIpc) is 2.37. The minimum Gasteiger partial charge on any atom is -0.330 e. The monoisotopic (exact) mass is 279 g/mol. The molecule has 0 amide bonds. The Morgan fingerprint density at radius 2 is 2.05 bits per heavy atom. The Balaban J connectivity index is 2.94. The smallest absolute Gasteiger partial charge is 0.272 e. The van der Waals surface area contributed by atoms with E-state index < -0.39 is 0 Å². The molecule has 1 unspecified atom stereocenters. The summed E-state index contributed by atoms with van der Waals surface area (Å²) in [7, 11) is 2.02. The fourth-order valence-corrected chi connectivity index (χ4v) is 2.21. The van der Waals surface area contributed by atoms with Crippen molar-refractivity contribution >= 4 is 5.69 Å². The van der Waals surface area contributed by atoms with Crippen LogP contribution >= 0.6 is 0 Å². The molecule has 1 rings (SSSR count). The minimum absolute atomic E-state index is 0.0274. The Morgan fingerprint density at radius 3 is 2.55 bits per heavy atom. The zero-order valence-corrected chi connectivity index (χ0v) is 13.0. The lowest BCUT2D eigenvalue weighted by molar-refractivity contribution is -0.385. The lowest BCUT2D eigenvalue weighted by Crippen LogP contribution is -2.37. The molecule has 0 radical (unpaired) electrons. The molecule has 0 bridgehead atoms. The van der Waals surface area contributed by atoms with Crippen LogP contribution in [0.25, 0.3) is 0 Å². The Hall–Kier alpha value is -1.46. The minimum atomic E-state index is -0.324. The SMILES string of the molecule is Cc1ccc(C(C)N(C)CC(C)(C)CN)cc1[N+](=O)[O-]. The van der Waals surface area contributed by atoms with Gasteiger partial charge in [-0.3, -0.25) is 15.0 Å². The highest BCUT2D eigenvalue weighted by Crippen LogP contribution is 2.27. The van der Waals surface area contributed by atoms with Crippen LogP contribution in [0.4, 0.5) is 5.69 Å². The van der Waals surface area contributed by atoms with Gasteiger partial charge in [0.05, 0.1) is 4.92 Å². The van der Waals surface area contributed by atoms with E-state index in [9.17, 15) is 10.1 Å². The van der Waals surface area contributed by atoms with Crippen LogP contribution in [0.3, 0.4) is 0 Å². The third kappa shape index (κ3) is 4.02. The van der Waals surface area contributed by atoms with Gasteiger partial charge in [-0.1, -0.05) is 26.0 Å². The molecule has 0 aliphatic rings. The van der Waals surface area contributed by atoms with Gasteiger partial charge in [0, 0.05) is 24.2 Å². The fourth-order valence-electron chi connectivity index (χ4n) is 2.21. The Bertz CT molecular complexity index is 486. The summed E-state index contributed by atoms with van der Waals surface area (Å²) >= 11 is 0. The maximum atomic E-state index is 11.0. The van der Waals surface area contributed by atoms with Gasteiger partial charge in [0.1, 0.15) is 0 Å². The number of nitrogens with two attached hydrogens (primary N) is 1. The van der Waals surface area contributed by atoms with Gasteiger partial charge in [-0.2, -0.15) is 0 Å². The molecule has 112 valence electrons. The second-order valence-electron chi connectivity index (χ2n) is 6.26. The highest BCUT2D eigenvalue weighted by molar-refractivity contribution is 5.43. The standard InChI is InChI=1S/C15H25N3O2/c1-11-6-7-13(8-14(11)18(19)20)12(2)17(5)10-15(3,4)9-16/h6-8,12H,9-10,16H2,1-5H3. The summed E-state index contributed by atoms with van der Waals surface area (Å²) in [5.74, 6) is 0. The summed E-state index contributed by atoms with van der Waals surface area (Å²) in [5, 5.41) is 11.0. The molecule has 5 heteroatoms. The van der Waals surface area contributed by atoms with Crippen molar-refractivity contribution in [2.75, 3.05) is 20.1 Å². The van der Waals surface area contributed by atoms with E-state index in [0.29, 0.717) is 12.1 Å². The van der Waals surface area contributed by atoms with E-state index in [-0.39, 0.29) is 22.1 Å². The number of nitrogens with zero attached hydrogens (tertiary/aromatic N) is 2.